The molecule has 2 unspecified atom stereocenters. The molecule has 1 fully saturated rings. The molecule has 2 atom stereocenters. The van der Waals surface area contributed by atoms with E-state index in [1.807, 2.05) is 0 Å². The van der Waals surface area contributed by atoms with E-state index in [1.54, 1.807) is 42.7 Å². The summed E-state index contributed by atoms with van der Waals surface area (Å²) in [6.45, 7) is 0. The van der Waals surface area contributed by atoms with Crippen molar-refractivity contribution in [2.75, 3.05) is 5.32 Å². The number of halogens is 1. The quantitative estimate of drug-likeness (QED) is 0.917. The molecular weight excluding hydrogens is 243 g/mol. The van der Waals surface area contributed by atoms with E-state index in [1.165, 1.54) is 6.07 Å². The fraction of sp³-hybridized carbons (Fsp3) is 0.200. The second-order valence-corrected chi connectivity index (χ2v) is 4.70. The van der Waals surface area contributed by atoms with Crippen LogP contribution in [0.25, 0.3) is 0 Å². The van der Waals surface area contributed by atoms with Crippen LogP contribution in [0.15, 0.2) is 48.8 Å². The Balaban J connectivity index is 1.67. The zero-order chi connectivity index (χ0) is 13.2. The molecule has 1 aliphatic carbocycles. The number of hydrogen-bond donors (Lipinski definition) is 1. The highest BCUT2D eigenvalue weighted by Gasteiger charge is 2.45. The smallest absolute Gasteiger partial charge is 0.228 e. The number of benzene rings is 1. The number of aromatic nitrogens is 1. The van der Waals surface area contributed by atoms with Gasteiger partial charge in [-0.25, -0.2) is 4.39 Å². The van der Waals surface area contributed by atoms with E-state index in [0.717, 1.165) is 0 Å². The molecule has 0 saturated heterocycles. The van der Waals surface area contributed by atoms with Crippen LogP contribution in [0.3, 0.4) is 0 Å². The monoisotopic (exact) mass is 256 g/mol. The third kappa shape index (κ3) is 2.47. The molecular formula is C15H13FN2O. The Morgan fingerprint density at radius 1 is 1.26 bits per heavy atom. The number of anilines is 1. The van der Waals surface area contributed by atoms with Crippen LogP contribution < -0.4 is 5.32 Å². The molecule has 1 N–H and O–H groups in total. The van der Waals surface area contributed by atoms with Crippen molar-refractivity contribution in [2.24, 2.45) is 5.92 Å². The van der Waals surface area contributed by atoms with Crippen molar-refractivity contribution in [1.29, 1.82) is 0 Å². The summed E-state index contributed by atoms with van der Waals surface area (Å²) < 4.78 is 13.6. The zero-order valence-corrected chi connectivity index (χ0v) is 10.2. The average molecular weight is 256 g/mol. The molecule has 3 rings (SSSR count). The van der Waals surface area contributed by atoms with E-state index < -0.39 is 0 Å². The fourth-order valence-corrected chi connectivity index (χ4v) is 2.28. The standard InChI is InChI=1S/C15H13FN2O/c16-14-6-2-1-5-11(14)12-8-13(12)15(19)18-10-4-3-7-17-9-10/h1-7,9,12-13H,8H2,(H,18,19). The summed E-state index contributed by atoms with van der Waals surface area (Å²) in [4.78, 5) is 15.9. The first-order valence-electron chi connectivity index (χ1n) is 6.21. The van der Waals surface area contributed by atoms with E-state index in [0.29, 0.717) is 17.7 Å². The lowest BCUT2D eigenvalue weighted by Gasteiger charge is -2.04. The summed E-state index contributed by atoms with van der Waals surface area (Å²) in [5.41, 5.74) is 1.31. The number of carbonyl (C=O) groups is 1. The van der Waals surface area contributed by atoms with Crippen LogP contribution >= 0.6 is 0 Å². The van der Waals surface area contributed by atoms with Crippen molar-refractivity contribution in [3.05, 3.63) is 60.2 Å². The Kier molecular flexibility index (Phi) is 2.99. The molecule has 0 aliphatic heterocycles. The minimum Gasteiger partial charge on any atom is -0.324 e. The maximum atomic E-state index is 13.6. The molecule has 4 heteroatoms. The summed E-state index contributed by atoms with van der Waals surface area (Å²) in [6.07, 6.45) is 3.94. The minimum atomic E-state index is -0.232. The molecule has 1 saturated carbocycles. The van der Waals surface area contributed by atoms with Gasteiger partial charge in [0.25, 0.3) is 0 Å². The lowest BCUT2D eigenvalue weighted by Crippen LogP contribution is -2.14. The highest BCUT2D eigenvalue weighted by Crippen LogP contribution is 2.48. The van der Waals surface area contributed by atoms with Crippen LogP contribution in [0.1, 0.15) is 17.9 Å². The third-order valence-corrected chi connectivity index (χ3v) is 3.36. The maximum Gasteiger partial charge on any atom is 0.228 e. The Labute approximate surface area is 110 Å². The van der Waals surface area contributed by atoms with E-state index in [4.69, 9.17) is 0 Å². The second-order valence-electron chi connectivity index (χ2n) is 4.70. The number of amides is 1. The SMILES string of the molecule is O=C(Nc1cccnc1)C1CC1c1ccccc1F. The number of pyridine rings is 1. The van der Waals surface area contributed by atoms with Gasteiger partial charge in [0, 0.05) is 12.1 Å². The van der Waals surface area contributed by atoms with Crippen LogP contribution in [0.2, 0.25) is 0 Å². The van der Waals surface area contributed by atoms with Crippen molar-refractivity contribution in [3.63, 3.8) is 0 Å². The molecule has 1 aromatic heterocycles. The molecule has 1 heterocycles. The summed E-state index contributed by atoms with van der Waals surface area (Å²) in [7, 11) is 0. The van der Waals surface area contributed by atoms with Crippen molar-refractivity contribution >= 4 is 11.6 Å². The largest absolute Gasteiger partial charge is 0.324 e. The van der Waals surface area contributed by atoms with Crippen molar-refractivity contribution < 1.29 is 9.18 Å². The number of rotatable bonds is 3. The first-order chi connectivity index (χ1) is 9.25. The molecule has 0 spiro atoms. The summed E-state index contributed by atoms with van der Waals surface area (Å²) in [6, 6.07) is 10.2. The lowest BCUT2D eigenvalue weighted by atomic mass is 10.1. The van der Waals surface area contributed by atoms with Crippen molar-refractivity contribution in [1.82, 2.24) is 4.98 Å². The van der Waals surface area contributed by atoms with Gasteiger partial charge >= 0.3 is 0 Å². The topological polar surface area (TPSA) is 42.0 Å². The normalized spacial score (nSPS) is 20.9. The van der Waals surface area contributed by atoms with Gasteiger partial charge in [0.15, 0.2) is 0 Å². The van der Waals surface area contributed by atoms with Crippen LogP contribution in [0.5, 0.6) is 0 Å². The number of nitrogens with zero attached hydrogens (tertiary/aromatic N) is 1. The van der Waals surface area contributed by atoms with Crippen LogP contribution in [0, 0.1) is 11.7 Å². The highest BCUT2D eigenvalue weighted by molar-refractivity contribution is 5.95. The summed E-state index contributed by atoms with van der Waals surface area (Å²) >= 11 is 0. The van der Waals surface area contributed by atoms with Crippen molar-refractivity contribution in [3.8, 4) is 0 Å². The summed E-state index contributed by atoms with van der Waals surface area (Å²) in [5.74, 6) is -0.444. The first-order valence-corrected chi connectivity index (χ1v) is 6.21. The minimum absolute atomic E-state index is 0.00197. The molecule has 1 aromatic carbocycles. The van der Waals surface area contributed by atoms with Crippen LogP contribution in [-0.2, 0) is 4.79 Å². The molecule has 0 bridgehead atoms. The molecule has 2 aromatic rings. The Hall–Kier alpha value is -2.23. The second kappa shape index (κ2) is 4.80. The molecule has 3 nitrogen and oxygen atoms in total. The van der Waals surface area contributed by atoms with Gasteiger partial charge in [-0.3, -0.25) is 9.78 Å². The Bertz CT molecular complexity index is 600. The number of carbonyl (C=O) groups excluding carboxylic acids is 1. The van der Waals surface area contributed by atoms with Crippen LogP contribution in [0.4, 0.5) is 10.1 Å². The maximum absolute atomic E-state index is 13.6. The number of nitrogens with one attached hydrogen (secondary N) is 1. The van der Waals surface area contributed by atoms with Gasteiger partial charge in [0.2, 0.25) is 5.91 Å². The zero-order valence-electron chi connectivity index (χ0n) is 10.2. The Morgan fingerprint density at radius 2 is 2.11 bits per heavy atom. The van der Waals surface area contributed by atoms with E-state index in [-0.39, 0.29) is 23.6 Å². The van der Waals surface area contributed by atoms with Gasteiger partial charge in [0.1, 0.15) is 5.82 Å². The van der Waals surface area contributed by atoms with E-state index >= 15 is 0 Å². The number of hydrogen-bond acceptors (Lipinski definition) is 2. The van der Waals surface area contributed by atoms with Gasteiger partial charge in [-0.05, 0) is 36.1 Å². The van der Waals surface area contributed by atoms with Gasteiger partial charge < -0.3 is 5.32 Å². The third-order valence-electron chi connectivity index (χ3n) is 3.36. The molecule has 19 heavy (non-hydrogen) atoms. The van der Waals surface area contributed by atoms with Crippen molar-refractivity contribution in [2.45, 2.75) is 12.3 Å². The van der Waals surface area contributed by atoms with E-state index in [2.05, 4.69) is 10.3 Å². The predicted molar refractivity (Wildman–Crippen MR) is 70.1 cm³/mol. The fourth-order valence-electron chi connectivity index (χ4n) is 2.28. The highest BCUT2D eigenvalue weighted by atomic mass is 19.1. The summed E-state index contributed by atoms with van der Waals surface area (Å²) in [5, 5.41) is 2.80. The van der Waals surface area contributed by atoms with E-state index in [9.17, 15) is 9.18 Å². The molecule has 1 amide bonds. The molecule has 96 valence electrons. The van der Waals surface area contributed by atoms with Crippen LogP contribution in [-0.4, -0.2) is 10.9 Å². The first kappa shape index (κ1) is 11.8. The molecule has 1 aliphatic rings. The molecule has 0 radical (unpaired) electrons. The van der Waals surface area contributed by atoms with Gasteiger partial charge in [-0.2, -0.15) is 0 Å². The van der Waals surface area contributed by atoms with Gasteiger partial charge in [-0.1, -0.05) is 18.2 Å². The average Bonchev–Trinajstić information content (AvgIpc) is 3.21. The van der Waals surface area contributed by atoms with Gasteiger partial charge in [-0.15, -0.1) is 0 Å². The Morgan fingerprint density at radius 3 is 2.84 bits per heavy atom. The van der Waals surface area contributed by atoms with Gasteiger partial charge in [0.05, 0.1) is 11.9 Å². The lowest BCUT2D eigenvalue weighted by molar-refractivity contribution is -0.117. The predicted octanol–water partition coefficient (Wildman–Crippen LogP) is 2.96.